The summed E-state index contributed by atoms with van der Waals surface area (Å²) in [7, 11) is 0. The number of benzene rings is 1. The minimum Gasteiger partial charge on any atom is -0.258 e. The minimum atomic E-state index is 1.13. The zero-order valence-electron chi connectivity index (χ0n) is 21.7. The number of aryl methyl sites for hydroxylation is 6. The third kappa shape index (κ3) is 7.63. The molecule has 0 atom stereocenters. The van der Waals surface area contributed by atoms with E-state index >= 15 is 0 Å². The SMILES string of the molecule is CC1=C(c2c(C)cc(C)nc2C)CCCC1.CCC1CC1.Cc1cc(C)c(C)c(C)c1. The molecule has 2 aromatic rings. The second-order valence-corrected chi connectivity index (χ2v) is 9.88. The predicted molar refractivity (Wildman–Crippen MR) is 138 cm³/mol. The lowest BCUT2D eigenvalue weighted by Gasteiger charge is -2.21. The van der Waals surface area contributed by atoms with E-state index < -0.39 is 0 Å². The summed E-state index contributed by atoms with van der Waals surface area (Å²) in [6.07, 6.45) is 9.62. The van der Waals surface area contributed by atoms with Gasteiger partial charge in [-0.15, -0.1) is 0 Å². The number of pyridine rings is 1. The smallest absolute Gasteiger partial charge is 0.0453 e. The predicted octanol–water partition coefficient (Wildman–Crippen LogP) is 9.08. The summed E-state index contributed by atoms with van der Waals surface area (Å²) in [5.74, 6) is 1.13. The van der Waals surface area contributed by atoms with Gasteiger partial charge in [0.1, 0.15) is 0 Å². The fourth-order valence-electron chi connectivity index (χ4n) is 4.65. The maximum atomic E-state index is 4.61. The molecule has 2 aliphatic rings. The molecule has 170 valence electrons. The molecule has 1 fully saturated rings. The van der Waals surface area contributed by atoms with Crippen molar-refractivity contribution in [1.29, 1.82) is 0 Å². The van der Waals surface area contributed by atoms with E-state index in [0.29, 0.717) is 0 Å². The molecule has 1 heterocycles. The molecule has 0 radical (unpaired) electrons. The van der Waals surface area contributed by atoms with E-state index in [2.05, 4.69) is 85.5 Å². The van der Waals surface area contributed by atoms with Crippen molar-refractivity contribution in [3.05, 3.63) is 68.5 Å². The van der Waals surface area contributed by atoms with Crippen LogP contribution < -0.4 is 0 Å². The highest BCUT2D eigenvalue weighted by Gasteiger charge is 2.17. The zero-order chi connectivity index (χ0) is 23.1. The third-order valence-electron chi connectivity index (χ3n) is 6.92. The Morgan fingerprint density at radius 3 is 1.81 bits per heavy atom. The average molecular weight is 420 g/mol. The van der Waals surface area contributed by atoms with E-state index in [4.69, 9.17) is 0 Å². The van der Waals surface area contributed by atoms with Crippen LogP contribution in [-0.2, 0) is 0 Å². The summed E-state index contributed by atoms with van der Waals surface area (Å²) >= 11 is 0. The number of allylic oxidation sites excluding steroid dienone is 2. The van der Waals surface area contributed by atoms with Crippen LogP contribution in [0.5, 0.6) is 0 Å². The van der Waals surface area contributed by atoms with Crippen LogP contribution in [0, 0.1) is 54.4 Å². The van der Waals surface area contributed by atoms with Crippen LogP contribution in [0.25, 0.3) is 5.57 Å². The minimum absolute atomic E-state index is 1.13. The summed E-state index contributed by atoms with van der Waals surface area (Å²) in [5.41, 5.74) is 13.9. The number of hydrogen-bond acceptors (Lipinski definition) is 1. The first-order valence-electron chi connectivity index (χ1n) is 12.3. The fourth-order valence-corrected chi connectivity index (χ4v) is 4.65. The average Bonchev–Trinajstić information content (AvgIpc) is 3.52. The molecule has 0 aliphatic heterocycles. The van der Waals surface area contributed by atoms with Crippen molar-refractivity contribution in [1.82, 2.24) is 4.98 Å². The summed E-state index contributed by atoms with van der Waals surface area (Å²) in [6, 6.07) is 6.65. The van der Waals surface area contributed by atoms with Crippen molar-refractivity contribution in [2.24, 2.45) is 5.92 Å². The highest BCUT2D eigenvalue weighted by Crippen LogP contribution is 2.35. The number of hydrogen-bond donors (Lipinski definition) is 0. The van der Waals surface area contributed by atoms with Gasteiger partial charge in [-0.2, -0.15) is 0 Å². The van der Waals surface area contributed by atoms with Crippen LogP contribution in [0.15, 0.2) is 23.8 Å². The summed E-state index contributed by atoms with van der Waals surface area (Å²) in [4.78, 5) is 4.61. The first-order chi connectivity index (χ1) is 14.6. The Balaban J connectivity index is 0.000000192. The second kappa shape index (κ2) is 11.7. The number of nitrogens with zero attached hydrogens (tertiary/aromatic N) is 1. The number of rotatable bonds is 2. The van der Waals surface area contributed by atoms with Gasteiger partial charge in [-0.3, -0.25) is 4.98 Å². The molecule has 1 saturated carbocycles. The summed E-state index contributed by atoms with van der Waals surface area (Å²) in [5, 5.41) is 0. The van der Waals surface area contributed by atoms with Crippen LogP contribution in [0.2, 0.25) is 0 Å². The van der Waals surface area contributed by atoms with Gasteiger partial charge in [-0.1, -0.05) is 49.5 Å². The molecule has 0 amide bonds. The Hall–Kier alpha value is -1.89. The lowest BCUT2D eigenvalue weighted by atomic mass is 9.85. The van der Waals surface area contributed by atoms with Gasteiger partial charge in [-0.25, -0.2) is 0 Å². The van der Waals surface area contributed by atoms with E-state index in [1.807, 2.05) is 0 Å². The maximum absolute atomic E-state index is 4.61. The molecule has 0 saturated heterocycles. The normalized spacial score (nSPS) is 15.6. The van der Waals surface area contributed by atoms with E-state index in [-0.39, 0.29) is 0 Å². The first-order valence-corrected chi connectivity index (χ1v) is 12.3. The fraction of sp³-hybridized carbons (Fsp3) is 0.567. The lowest BCUT2D eigenvalue weighted by Crippen LogP contribution is -2.03. The zero-order valence-corrected chi connectivity index (χ0v) is 21.7. The monoisotopic (exact) mass is 419 g/mol. The Morgan fingerprint density at radius 1 is 0.774 bits per heavy atom. The summed E-state index contributed by atoms with van der Waals surface area (Å²) < 4.78 is 0. The van der Waals surface area contributed by atoms with Crippen LogP contribution in [0.4, 0.5) is 0 Å². The lowest BCUT2D eigenvalue weighted by molar-refractivity contribution is 0.713. The van der Waals surface area contributed by atoms with E-state index in [9.17, 15) is 0 Å². The Kier molecular flexibility index (Phi) is 9.54. The van der Waals surface area contributed by atoms with Crippen molar-refractivity contribution >= 4 is 5.57 Å². The van der Waals surface area contributed by atoms with Crippen LogP contribution in [-0.4, -0.2) is 4.98 Å². The molecule has 31 heavy (non-hydrogen) atoms. The standard InChI is InChI=1S/C15H21N.C10H14.C5H10/c1-10-7-5-6-8-14(10)15-11(2)9-12(3)16-13(15)4;1-7-5-8(2)10(4)9(3)6-7;1-2-5-3-4-5/h9H,5-8H2,1-4H3;5-6H,1-4H3;5H,2-4H2,1H3. The van der Waals surface area contributed by atoms with Gasteiger partial charge in [0, 0.05) is 17.0 Å². The highest BCUT2D eigenvalue weighted by molar-refractivity contribution is 5.72. The van der Waals surface area contributed by atoms with Gasteiger partial charge in [0.15, 0.2) is 0 Å². The molecule has 0 N–H and O–H groups in total. The Bertz CT molecular complexity index is 866. The van der Waals surface area contributed by atoms with Gasteiger partial charge >= 0.3 is 0 Å². The first kappa shape index (κ1) is 25.4. The van der Waals surface area contributed by atoms with E-state index in [1.54, 1.807) is 11.1 Å². The van der Waals surface area contributed by atoms with Gasteiger partial charge in [0.05, 0.1) is 0 Å². The molecule has 1 nitrogen and oxygen atoms in total. The van der Waals surface area contributed by atoms with Crippen molar-refractivity contribution < 1.29 is 0 Å². The largest absolute Gasteiger partial charge is 0.258 e. The molecule has 0 unspecified atom stereocenters. The van der Waals surface area contributed by atoms with Gasteiger partial charge in [0.2, 0.25) is 0 Å². The van der Waals surface area contributed by atoms with Crippen LogP contribution in [0.3, 0.4) is 0 Å². The molecule has 0 spiro atoms. The topological polar surface area (TPSA) is 12.9 Å². The Labute approximate surface area is 192 Å². The summed E-state index contributed by atoms with van der Waals surface area (Å²) in [6.45, 7) is 19.6. The van der Waals surface area contributed by atoms with Crippen LogP contribution >= 0.6 is 0 Å². The van der Waals surface area contributed by atoms with Crippen molar-refractivity contribution in [3.63, 3.8) is 0 Å². The van der Waals surface area contributed by atoms with Crippen LogP contribution in [0.1, 0.15) is 104 Å². The Morgan fingerprint density at radius 2 is 1.35 bits per heavy atom. The molecule has 0 bridgehead atoms. The maximum Gasteiger partial charge on any atom is 0.0453 e. The molecule has 2 aliphatic carbocycles. The quantitative estimate of drug-likeness (QED) is 0.473. The molecular weight excluding hydrogens is 374 g/mol. The van der Waals surface area contributed by atoms with E-state index in [1.165, 1.54) is 84.0 Å². The molecular formula is C30H45N. The molecule has 1 aromatic heterocycles. The molecule has 4 rings (SSSR count). The highest BCUT2D eigenvalue weighted by atomic mass is 14.7. The third-order valence-corrected chi connectivity index (χ3v) is 6.92. The van der Waals surface area contributed by atoms with Crippen molar-refractivity contribution in [2.75, 3.05) is 0 Å². The second-order valence-electron chi connectivity index (χ2n) is 9.88. The molecule has 1 aromatic carbocycles. The number of aromatic nitrogens is 1. The van der Waals surface area contributed by atoms with Gasteiger partial charge < -0.3 is 0 Å². The van der Waals surface area contributed by atoms with Gasteiger partial charge in [-0.05, 0) is 121 Å². The van der Waals surface area contributed by atoms with Crippen molar-refractivity contribution in [3.8, 4) is 0 Å². The molecule has 1 heteroatoms. The van der Waals surface area contributed by atoms with Gasteiger partial charge in [0.25, 0.3) is 0 Å². The van der Waals surface area contributed by atoms with Crippen molar-refractivity contribution in [2.45, 2.75) is 107 Å². The van der Waals surface area contributed by atoms with E-state index in [0.717, 1.165) is 11.6 Å².